The Kier molecular flexibility index (Phi) is 11.5. The number of likely N-dealkylation sites (tertiary alicyclic amines) is 1. The lowest BCUT2D eigenvalue weighted by atomic mass is 9.93. The van der Waals surface area contributed by atoms with Crippen LogP contribution in [0.3, 0.4) is 0 Å². The van der Waals surface area contributed by atoms with Crippen LogP contribution in [0.2, 0.25) is 0 Å². The first kappa shape index (κ1) is 36.4. The molecule has 11 nitrogen and oxygen atoms in total. The molecule has 0 radical (unpaired) electrons. The number of ether oxygens (including phenoxy) is 1. The van der Waals surface area contributed by atoms with Crippen LogP contribution in [0, 0.1) is 11.8 Å². The highest BCUT2D eigenvalue weighted by atomic mass is 32.2. The first-order valence-electron chi connectivity index (χ1n) is 14.4. The second kappa shape index (κ2) is 14.2. The van der Waals surface area contributed by atoms with Gasteiger partial charge in [-0.1, -0.05) is 27.7 Å². The number of rotatable bonds is 11. The minimum atomic E-state index is -6.12. The minimum absolute atomic E-state index is 0.00832. The third-order valence-corrected chi connectivity index (χ3v) is 9.64. The van der Waals surface area contributed by atoms with Crippen LogP contribution in [0.15, 0.2) is 29.2 Å². The van der Waals surface area contributed by atoms with Gasteiger partial charge in [0.15, 0.2) is 0 Å². The van der Waals surface area contributed by atoms with E-state index in [2.05, 4.69) is 10.6 Å². The molecule has 0 spiro atoms. The smallest absolute Gasteiger partial charge is 0.379 e. The average Bonchev–Trinajstić information content (AvgIpc) is 3.44. The molecule has 45 heavy (non-hydrogen) atoms. The Morgan fingerprint density at radius 3 is 2.00 bits per heavy atom. The zero-order valence-electron chi connectivity index (χ0n) is 25.2. The number of nitrogens with zero attached hydrogens (tertiary/aromatic N) is 2. The molecule has 2 saturated heterocycles. The maximum atomic E-state index is 14.0. The fraction of sp³-hybridized carbons (Fsp3) is 0.643. The number of morpholine rings is 1. The van der Waals surface area contributed by atoms with Gasteiger partial charge in [-0.05, 0) is 55.5 Å². The van der Waals surface area contributed by atoms with Crippen LogP contribution >= 0.6 is 0 Å². The molecule has 3 amide bonds. The summed E-state index contributed by atoms with van der Waals surface area (Å²) in [5.41, 5.74) is 0.0200. The lowest BCUT2D eigenvalue weighted by Crippen LogP contribution is -2.60. The van der Waals surface area contributed by atoms with E-state index in [-0.39, 0.29) is 56.1 Å². The van der Waals surface area contributed by atoms with Crippen molar-refractivity contribution in [1.29, 1.82) is 0 Å². The van der Waals surface area contributed by atoms with E-state index in [1.54, 1.807) is 13.8 Å². The molecular weight excluding hydrogens is 631 g/mol. The van der Waals surface area contributed by atoms with Crippen LogP contribution in [0.1, 0.15) is 50.9 Å². The van der Waals surface area contributed by atoms with Crippen LogP contribution < -0.4 is 10.6 Å². The SMILES string of the molecule is CC(C)C(C(=O)C(F)(F)C(F)(F)F)N1CCC[C@H]1C(=O)NC(=O)[C@@H](NC(=O)c1ccc(S(=O)(=O)N2CCOCC2)cc1)C(C)C. The van der Waals surface area contributed by atoms with Crippen LogP contribution in [0.4, 0.5) is 22.0 Å². The summed E-state index contributed by atoms with van der Waals surface area (Å²) in [6.07, 6.45) is -5.93. The molecule has 0 aliphatic carbocycles. The molecule has 2 N–H and O–H groups in total. The van der Waals surface area contributed by atoms with Gasteiger partial charge in [-0.3, -0.25) is 29.4 Å². The molecule has 1 aromatic carbocycles. The van der Waals surface area contributed by atoms with Crippen molar-refractivity contribution in [3.8, 4) is 0 Å². The molecule has 252 valence electrons. The summed E-state index contributed by atoms with van der Waals surface area (Å²) in [6, 6.07) is 0.432. The Balaban J connectivity index is 1.71. The van der Waals surface area contributed by atoms with Gasteiger partial charge in [0.2, 0.25) is 27.6 Å². The van der Waals surface area contributed by atoms with E-state index in [1.165, 1.54) is 42.4 Å². The van der Waals surface area contributed by atoms with Crippen molar-refractivity contribution < 1.29 is 54.3 Å². The van der Waals surface area contributed by atoms with Crippen LogP contribution in [-0.4, -0.2) is 104 Å². The van der Waals surface area contributed by atoms with Crippen LogP contribution in [0.25, 0.3) is 0 Å². The molecule has 0 bridgehead atoms. The third kappa shape index (κ3) is 8.04. The number of hydrogen-bond acceptors (Lipinski definition) is 8. The van der Waals surface area contributed by atoms with E-state index < -0.39 is 75.6 Å². The topological polar surface area (TPSA) is 142 Å². The molecule has 3 rings (SSSR count). The number of Topliss-reactive ketones (excluding diaryl/α,β-unsaturated/α-hetero) is 1. The summed E-state index contributed by atoms with van der Waals surface area (Å²) >= 11 is 0. The summed E-state index contributed by atoms with van der Waals surface area (Å²) in [5.74, 6) is -12.3. The van der Waals surface area contributed by atoms with Gasteiger partial charge in [0, 0.05) is 18.7 Å². The average molecular weight is 669 g/mol. The number of nitrogens with one attached hydrogen (secondary N) is 2. The molecular formula is C28H37F5N4O7S. The van der Waals surface area contributed by atoms with Gasteiger partial charge in [-0.25, -0.2) is 8.42 Å². The quantitative estimate of drug-likeness (QED) is 0.343. The van der Waals surface area contributed by atoms with Gasteiger partial charge in [0.25, 0.3) is 5.91 Å². The van der Waals surface area contributed by atoms with Gasteiger partial charge in [-0.2, -0.15) is 26.3 Å². The van der Waals surface area contributed by atoms with Crippen molar-refractivity contribution in [1.82, 2.24) is 19.8 Å². The van der Waals surface area contributed by atoms with Gasteiger partial charge in [-0.15, -0.1) is 0 Å². The molecule has 3 atom stereocenters. The molecule has 2 aliphatic rings. The first-order valence-corrected chi connectivity index (χ1v) is 15.8. The largest absolute Gasteiger partial charge is 0.461 e. The molecule has 0 aromatic heterocycles. The number of carbonyl (C=O) groups excluding carboxylic acids is 4. The predicted molar refractivity (Wildman–Crippen MR) is 150 cm³/mol. The van der Waals surface area contributed by atoms with Crippen molar-refractivity contribution in [2.24, 2.45) is 11.8 Å². The molecule has 1 aromatic rings. The van der Waals surface area contributed by atoms with Crippen molar-refractivity contribution in [2.75, 3.05) is 32.8 Å². The molecule has 17 heteroatoms. The first-order chi connectivity index (χ1) is 20.8. The zero-order chi connectivity index (χ0) is 33.9. The van der Waals surface area contributed by atoms with E-state index in [1.807, 2.05) is 0 Å². The lowest BCUT2D eigenvalue weighted by Gasteiger charge is -2.36. The normalized spacial score (nSPS) is 20.2. The highest BCUT2D eigenvalue weighted by Crippen LogP contribution is 2.39. The van der Waals surface area contributed by atoms with Crippen molar-refractivity contribution >= 4 is 33.5 Å². The Bertz CT molecular complexity index is 1360. The zero-order valence-corrected chi connectivity index (χ0v) is 26.0. The van der Waals surface area contributed by atoms with Gasteiger partial charge in [0.1, 0.15) is 6.04 Å². The summed E-state index contributed by atoms with van der Waals surface area (Å²) in [4.78, 5) is 52.6. The fourth-order valence-electron chi connectivity index (χ4n) is 5.32. The maximum absolute atomic E-state index is 14.0. The van der Waals surface area contributed by atoms with Crippen molar-refractivity contribution in [3.63, 3.8) is 0 Å². The lowest BCUT2D eigenvalue weighted by molar-refractivity contribution is -0.271. The molecule has 2 aliphatic heterocycles. The minimum Gasteiger partial charge on any atom is -0.379 e. The summed E-state index contributed by atoms with van der Waals surface area (Å²) < 4.78 is 99.1. The monoisotopic (exact) mass is 668 g/mol. The van der Waals surface area contributed by atoms with Crippen LogP contribution in [-0.2, 0) is 29.1 Å². The van der Waals surface area contributed by atoms with Gasteiger partial charge >= 0.3 is 12.1 Å². The maximum Gasteiger partial charge on any atom is 0.461 e. The van der Waals surface area contributed by atoms with Gasteiger partial charge in [0.05, 0.1) is 30.2 Å². The van der Waals surface area contributed by atoms with E-state index in [0.29, 0.717) is 0 Å². The van der Waals surface area contributed by atoms with Crippen molar-refractivity contribution in [2.45, 2.75) is 75.7 Å². The van der Waals surface area contributed by atoms with E-state index in [4.69, 9.17) is 4.74 Å². The number of sulfonamides is 1. The Morgan fingerprint density at radius 2 is 1.49 bits per heavy atom. The Hall–Kier alpha value is -3.02. The number of benzene rings is 1. The highest BCUT2D eigenvalue weighted by Gasteiger charge is 2.65. The molecule has 0 saturated carbocycles. The summed E-state index contributed by atoms with van der Waals surface area (Å²) in [7, 11) is -3.82. The van der Waals surface area contributed by atoms with E-state index >= 15 is 0 Å². The fourth-order valence-corrected chi connectivity index (χ4v) is 6.73. The second-order valence-corrected chi connectivity index (χ2v) is 13.5. The molecule has 2 fully saturated rings. The van der Waals surface area contributed by atoms with Crippen molar-refractivity contribution in [3.05, 3.63) is 29.8 Å². The number of imide groups is 1. The standard InChI is InChI=1S/C28H37F5N4O7S/c1-16(2)21(34-24(39)18-7-9-19(10-8-18)45(42,43)36-12-14-44-15-13-36)26(41)35-25(40)20-6-5-11-37(20)22(17(3)4)23(38)27(29,30)28(31,32)33/h7-10,16-17,20-22H,5-6,11-15H2,1-4H3,(H,34,39)(H,35,40,41)/t20-,21-,22?/m0/s1. The number of alkyl halides is 5. The van der Waals surface area contributed by atoms with Gasteiger partial charge < -0.3 is 10.1 Å². The molecule has 2 heterocycles. The number of amides is 3. The summed E-state index contributed by atoms with van der Waals surface area (Å²) in [6.45, 7) is 6.45. The summed E-state index contributed by atoms with van der Waals surface area (Å²) in [5, 5.41) is 4.59. The number of carbonyl (C=O) groups is 4. The van der Waals surface area contributed by atoms with E-state index in [9.17, 15) is 49.5 Å². The Morgan fingerprint density at radius 1 is 0.911 bits per heavy atom. The van der Waals surface area contributed by atoms with E-state index in [0.717, 1.165) is 4.90 Å². The molecule has 1 unspecified atom stereocenters. The highest BCUT2D eigenvalue weighted by molar-refractivity contribution is 7.89. The third-order valence-electron chi connectivity index (χ3n) is 7.73. The predicted octanol–water partition coefficient (Wildman–Crippen LogP) is 2.36. The van der Waals surface area contributed by atoms with Crippen LogP contribution in [0.5, 0.6) is 0 Å². The Labute approximate surface area is 257 Å². The number of hydrogen-bond donors (Lipinski definition) is 2. The second-order valence-electron chi connectivity index (χ2n) is 11.6. The number of halogens is 5. The number of ketones is 1.